The van der Waals surface area contributed by atoms with Gasteiger partial charge in [-0.25, -0.2) is 0 Å². The van der Waals surface area contributed by atoms with E-state index in [1.54, 1.807) is 6.26 Å². The molecular weight excluding hydrogens is 349 g/mol. The fourth-order valence-corrected chi connectivity index (χ4v) is 2.87. The predicted molar refractivity (Wildman–Crippen MR) is 85.4 cm³/mol. The molecular formula is C11H24IN3OS. The monoisotopic (exact) mass is 373 g/mol. The van der Waals surface area contributed by atoms with Gasteiger partial charge in [0.2, 0.25) is 0 Å². The molecule has 1 atom stereocenters. The standard InChI is InChI=1S/C11H23N3OS.HI/c1-10(2,3)14-9(12)13-8-11(16(4)15)6-5-7-11;/h5-8H2,1-4H3,(H3,12,13,14);1H. The van der Waals surface area contributed by atoms with E-state index in [9.17, 15) is 4.21 Å². The summed E-state index contributed by atoms with van der Waals surface area (Å²) in [6, 6.07) is 0. The van der Waals surface area contributed by atoms with Crippen LogP contribution in [0.1, 0.15) is 40.0 Å². The van der Waals surface area contributed by atoms with E-state index in [1.807, 2.05) is 20.8 Å². The van der Waals surface area contributed by atoms with Gasteiger partial charge in [-0.15, -0.1) is 24.0 Å². The highest BCUT2D eigenvalue weighted by atomic mass is 127. The average molecular weight is 373 g/mol. The number of guanidine groups is 1. The highest BCUT2D eigenvalue weighted by Crippen LogP contribution is 2.37. The number of halogens is 1. The van der Waals surface area contributed by atoms with Crippen LogP contribution in [-0.4, -0.2) is 33.3 Å². The second-order valence-corrected chi connectivity index (χ2v) is 7.34. The van der Waals surface area contributed by atoms with Gasteiger partial charge in [-0.2, -0.15) is 0 Å². The van der Waals surface area contributed by atoms with E-state index in [1.165, 1.54) is 0 Å². The van der Waals surface area contributed by atoms with Gasteiger partial charge in [0, 0.05) is 22.6 Å². The summed E-state index contributed by atoms with van der Waals surface area (Å²) < 4.78 is 11.5. The Morgan fingerprint density at radius 2 is 2.00 bits per heavy atom. The van der Waals surface area contributed by atoms with E-state index in [2.05, 4.69) is 10.3 Å². The van der Waals surface area contributed by atoms with Crippen molar-refractivity contribution in [3.05, 3.63) is 0 Å². The number of hydrogen-bond donors (Lipinski definition) is 2. The molecule has 3 N–H and O–H groups in total. The van der Waals surface area contributed by atoms with Gasteiger partial charge in [-0.3, -0.25) is 9.20 Å². The third-order valence-corrected chi connectivity index (χ3v) is 4.67. The molecule has 0 aromatic rings. The molecule has 17 heavy (non-hydrogen) atoms. The van der Waals surface area contributed by atoms with E-state index in [4.69, 9.17) is 5.73 Å². The van der Waals surface area contributed by atoms with Crippen LogP contribution < -0.4 is 11.1 Å². The van der Waals surface area contributed by atoms with Gasteiger partial charge in [-0.05, 0) is 33.6 Å². The van der Waals surface area contributed by atoms with Crippen molar-refractivity contribution in [2.75, 3.05) is 12.8 Å². The maximum absolute atomic E-state index is 11.6. The summed E-state index contributed by atoms with van der Waals surface area (Å²) in [6.07, 6.45) is 4.93. The van der Waals surface area contributed by atoms with Crippen LogP contribution in [0.3, 0.4) is 0 Å². The molecule has 0 aromatic heterocycles. The fourth-order valence-electron chi connectivity index (χ4n) is 1.76. The van der Waals surface area contributed by atoms with Crippen molar-refractivity contribution in [3.8, 4) is 0 Å². The molecule has 0 saturated heterocycles. The highest BCUT2D eigenvalue weighted by Gasteiger charge is 2.40. The first-order valence-corrected chi connectivity index (χ1v) is 7.23. The number of rotatable bonds is 3. The van der Waals surface area contributed by atoms with Crippen molar-refractivity contribution in [1.29, 1.82) is 0 Å². The molecule has 1 fully saturated rings. The molecule has 0 amide bonds. The first kappa shape index (κ1) is 17.2. The van der Waals surface area contributed by atoms with Crippen LogP contribution in [0.5, 0.6) is 0 Å². The lowest BCUT2D eigenvalue weighted by molar-refractivity contribution is 0.360. The molecule has 1 unspecified atom stereocenters. The van der Waals surface area contributed by atoms with Gasteiger partial charge < -0.3 is 11.1 Å². The normalized spacial score (nSPS) is 21.1. The molecule has 0 bridgehead atoms. The zero-order valence-electron chi connectivity index (χ0n) is 11.1. The Morgan fingerprint density at radius 3 is 2.29 bits per heavy atom. The quantitative estimate of drug-likeness (QED) is 0.449. The zero-order valence-corrected chi connectivity index (χ0v) is 14.2. The minimum Gasteiger partial charge on any atom is -0.370 e. The molecule has 1 saturated carbocycles. The topological polar surface area (TPSA) is 67.5 Å². The van der Waals surface area contributed by atoms with Crippen LogP contribution in [0.25, 0.3) is 0 Å². The molecule has 6 heteroatoms. The van der Waals surface area contributed by atoms with E-state index < -0.39 is 10.8 Å². The Balaban J connectivity index is 0.00000256. The van der Waals surface area contributed by atoms with Crippen LogP contribution in [-0.2, 0) is 10.8 Å². The number of nitrogens with two attached hydrogens (primary N) is 1. The molecule has 0 heterocycles. The number of hydrogen-bond acceptors (Lipinski definition) is 2. The number of nitrogens with zero attached hydrogens (tertiary/aromatic N) is 1. The Morgan fingerprint density at radius 1 is 1.47 bits per heavy atom. The van der Waals surface area contributed by atoms with E-state index in [0.717, 1.165) is 19.3 Å². The SMILES string of the molecule is CS(=O)C1(CN=C(N)NC(C)(C)C)CCC1.I. The van der Waals surface area contributed by atoms with E-state index in [-0.39, 0.29) is 34.3 Å². The molecule has 1 aliphatic carbocycles. The summed E-state index contributed by atoms with van der Waals surface area (Å²) in [7, 11) is -0.812. The van der Waals surface area contributed by atoms with Crippen LogP contribution in [0.4, 0.5) is 0 Å². The smallest absolute Gasteiger partial charge is 0.189 e. The molecule has 1 rings (SSSR count). The van der Waals surface area contributed by atoms with Gasteiger partial charge >= 0.3 is 0 Å². The van der Waals surface area contributed by atoms with Crippen molar-refractivity contribution in [3.63, 3.8) is 0 Å². The maximum Gasteiger partial charge on any atom is 0.189 e. The molecule has 4 nitrogen and oxygen atoms in total. The molecule has 0 radical (unpaired) electrons. The summed E-state index contributed by atoms with van der Waals surface area (Å²) >= 11 is 0. The van der Waals surface area contributed by atoms with Gasteiger partial charge in [0.05, 0.1) is 11.3 Å². The highest BCUT2D eigenvalue weighted by molar-refractivity contribution is 14.0. The van der Waals surface area contributed by atoms with Crippen LogP contribution in [0, 0.1) is 0 Å². The number of aliphatic imine (C=N–C) groups is 1. The Kier molecular flexibility index (Phi) is 6.41. The average Bonchev–Trinajstić information content (AvgIpc) is 1.97. The van der Waals surface area contributed by atoms with E-state index >= 15 is 0 Å². The molecule has 1 aliphatic rings. The van der Waals surface area contributed by atoms with Gasteiger partial charge in [0.1, 0.15) is 0 Å². The molecule has 0 aromatic carbocycles. The van der Waals surface area contributed by atoms with Crippen molar-refractivity contribution in [2.45, 2.75) is 50.3 Å². The second kappa shape index (κ2) is 6.36. The Labute approximate surface area is 124 Å². The summed E-state index contributed by atoms with van der Waals surface area (Å²) in [5.41, 5.74) is 5.71. The van der Waals surface area contributed by atoms with Gasteiger partial charge in [-0.1, -0.05) is 6.42 Å². The van der Waals surface area contributed by atoms with Crippen molar-refractivity contribution < 1.29 is 4.21 Å². The summed E-state index contributed by atoms with van der Waals surface area (Å²) in [6.45, 7) is 6.68. The maximum atomic E-state index is 11.6. The first-order valence-electron chi connectivity index (χ1n) is 5.67. The minimum atomic E-state index is -0.812. The van der Waals surface area contributed by atoms with Crippen LogP contribution in [0.2, 0.25) is 0 Å². The van der Waals surface area contributed by atoms with Crippen LogP contribution >= 0.6 is 24.0 Å². The summed E-state index contributed by atoms with van der Waals surface area (Å²) in [5.74, 6) is 0.448. The summed E-state index contributed by atoms with van der Waals surface area (Å²) in [4.78, 5) is 4.32. The largest absolute Gasteiger partial charge is 0.370 e. The Hall–Kier alpha value is 0.150. The third-order valence-electron chi connectivity index (χ3n) is 2.92. The summed E-state index contributed by atoms with van der Waals surface area (Å²) in [5, 5.41) is 3.11. The lowest BCUT2D eigenvalue weighted by Crippen LogP contribution is -2.48. The third kappa shape index (κ3) is 5.11. The van der Waals surface area contributed by atoms with Crippen molar-refractivity contribution in [2.24, 2.45) is 10.7 Å². The fraction of sp³-hybridized carbons (Fsp3) is 0.909. The predicted octanol–water partition coefficient (Wildman–Crippen LogP) is 1.61. The second-order valence-electron chi connectivity index (χ2n) is 5.57. The van der Waals surface area contributed by atoms with Gasteiger partial charge in [0.25, 0.3) is 0 Å². The van der Waals surface area contributed by atoms with Crippen molar-refractivity contribution in [1.82, 2.24) is 5.32 Å². The van der Waals surface area contributed by atoms with E-state index in [0.29, 0.717) is 12.5 Å². The first-order chi connectivity index (χ1) is 7.25. The molecule has 102 valence electrons. The lowest BCUT2D eigenvalue weighted by Gasteiger charge is -2.38. The zero-order chi connectivity index (χ0) is 12.4. The molecule has 0 spiro atoms. The molecule has 0 aliphatic heterocycles. The Bertz CT molecular complexity index is 308. The lowest BCUT2D eigenvalue weighted by atomic mass is 9.84. The van der Waals surface area contributed by atoms with Gasteiger partial charge in [0.15, 0.2) is 5.96 Å². The number of nitrogens with one attached hydrogen (secondary N) is 1. The van der Waals surface area contributed by atoms with Crippen LogP contribution in [0.15, 0.2) is 4.99 Å². The van der Waals surface area contributed by atoms with Crippen molar-refractivity contribution >= 4 is 40.7 Å². The minimum absolute atomic E-state index is 0.